The molecule has 0 aromatic carbocycles. The zero-order chi connectivity index (χ0) is 15.4. The highest BCUT2D eigenvalue weighted by atomic mass is 16.2. The Balaban J connectivity index is 1.96. The molecule has 1 fully saturated rings. The van der Waals surface area contributed by atoms with E-state index < -0.39 is 0 Å². The molecule has 0 bridgehead atoms. The number of nitrogens with zero attached hydrogens (tertiary/aromatic N) is 4. The number of amides is 3. The van der Waals surface area contributed by atoms with Crippen LogP contribution in [0.1, 0.15) is 12.8 Å². The molecule has 8 nitrogen and oxygen atoms in total. The van der Waals surface area contributed by atoms with E-state index in [1.165, 1.54) is 0 Å². The van der Waals surface area contributed by atoms with Gasteiger partial charge >= 0.3 is 6.03 Å². The van der Waals surface area contributed by atoms with Gasteiger partial charge in [0.25, 0.3) is 0 Å². The number of carbonyl (C=O) groups is 2. The van der Waals surface area contributed by atoms with Crippen LogP contribution in [0.15, 0.2) is 12.4 Å². The van der Waals surface area contributed by atoms with Gasteiger partial charge in [-0.1, -0.05) is 0 Å². The van der Waals surface area contributed by atoms with Crippen LogP contribution in [-0.4, -0.2) is 54.0 Å². The minimum absolute atomic E-state index is 0.262. The lowest BCUT2D eigenvalue weighted by atomic mass is 9.98. The third-order valence-electron chi connectivity index (χ3n) is 3.40. The molecular formula is C13H20N6O2. The number of anilines is 2. The molecule has 1 aliphatic rings. The van der Waals surface area contributed by atoms with Crippen LogP contribution < -0.4 is 16.0 Å². The Hall–Kier alpha value is -2.38. The van der Waals surface area contributed by atoms with Gasteiger partial charge in [0.05, 0.1) is 24.0 Å². The summed E-state index contributed by atoms with van der Waals surface area (Å²) in [6.07, 6.45) is 4.61. The molecule has 1 unspecified atom stereocenters. The Labute approximate surface area is 123 Å². The number of piperidine rings is 1. The van der Waals surface area contributed by atoms with Crippen LogP contribution in [0.4, 0.5) is 16.4 Å². The second-order valence-electron chi connectivity index (χ2n) is 5.28. The summed E-state index contributed by atoms with van der Waals surface area (Å²) in [5, 5.41) is 2.73. The monoisotopic (exact) mass is 292 g/mol. The molecule has 1 aliphatic heterocycles. The number of hydrogen-bond acceptors (Lipinski definition) is 5. The Kier molecular flexibility index (Phi) is 4.56. The number of likely N-dealkylation sites (tertiary alicyclic amines) is 1. The molecule has 0 saturated carbocycles. The van der Waals surface area contributed by atoms with Crippen molar-refractivity contribution in [3.63, 3.8) is 0 Å². The zero-order valence-electron chi connectivity index (χ0n) is 12.2. The lowest BCUT2D eigenvalue weighted by Gasteiger charge is -2.31. The molecule has 3 N–H and O–H groups in total. The highest BCUT2D eigenvalue weighted by molar-refractivity contribution is 5.89. The van der Waals surface area contributed by atoms with Gasteiger partial charge in [-0.3, -0.25) is 4.79 Å². The summed E-state index contributed by atoms with van der Waals surface area (Å²) in [7, 11) is 3.68. The molecule has 1 atom stereocenters. The number of nitrogens with two attached hydrogens (primary N) is 1. The number of primary amides is 1. The van der Waals surface area contributed by atoms with E-state index in [0.29, 0.717) is 24.7 Å². The van der Waals surface area contributed by atoms with E-state index in [9.17, 15) is 9.59 Å². The Morgan fingerprint density at radius 3 is 2.62 bits per heavy atom. The smallest absolute Gasteiger partial charge is 0.321 e. The van der Waals surface area contributed by atoms with Crippen molar-refractivity contribution < 1.29 is 9.59 Å². The summed E-state index contributed by atoms with van der Waals surface area (Å²) in [4.78, 5) is 35.0. The van der Waals surface area contributed by atoms with E-state index in [1.807, 2.05) is 14.1 Å². The molecule has 0 aliphatic carbocycles. The van der Waals surface area contributed by atoms with Crippen LogP contribution in [-0.2, 0) is 4.79 Å². The van der Waals surface area contributed by atoms with Gasteiger partial charge < -0.3 is 20.9 Å². The third-order valence-corrected chi connectivity index (χ3v) is 3.40. The number of aromatic nitrogens is 2. The maximum absolute atomic E-state index is 12.2. The summed E-state index contributed by atoms with van der Waals surface area (Å²) < 4.78 is 0. The quantitative estimate of drug-likeness (QED) is 0.832. The number of urea groups is 1. The summed E-state index contributed by atoms with van der Waals surface area (Å²) in [6, 6.07) is -0.262. The number of hydrogen-bond donors (Lipinski definition) is 2. The first kappa shape index (κ1) is 15.0. The standard InChI is InChI=1S/C13H20N6O2/c1-18(2)12-15-6-10(7-16-12)17-13(21)19-5-3-4-9(8-19)11(14)20/h6-7,9H,3-5,8H2,1-2H3,(H2,14,20)(H,17,21). The molecule has 0 radical (unpaired) electrons. The molecular weight excluding hydrogens is 272 g/mol. The number of nitrogens with one attached hydrogen (secondary N) is 1. The average molecular weight is 292 g/mol. The van der Waals surface area contributed by atoms with Crippen LogP contribution in [0, 0.1) is 5.92 Å². The summed E-state index contributed by atoms with van der Waals surface area (Å²) >= 11 is 0. The topological polar surface area (TPSA) is 104 Å². The molecule has 8 heteroatoms. The van der Waals surface area contributed by atoms with E-state index in [4.69, 9.17) is 5.73 Å². The Morgan fingerprint density at radius 1 is 1.38 bits per heavy atom. The normalized spacial score (nSPS) is 18.2. The molecule has 1 aromatic rings. The predicted octanol–water partition coefficient (Wildman–Crippen LogP) is 0.272. The average Bonchev–Trinajstić information content (AvgIpc) is 2.48. The first-order chi connectivity index (χ1) is 9.97. The van der Waals surface area contributed by atoms with Crippen molar-refractivity contribution in [2.75, 3.05) is 37.4 Å². The first-order valence-electron chi connectivity index (χ1n) is 6.82. The van der Waals surface area contributed by atoms with Crippen LogP contribution in [0.3, 0.4) is 0 Å². The first-order valence-corrected chi connectivity index (χ1v) is 6.82. The minimum Gasteiger partial charge on any atom is -0.369 e. The van der Waals surface area contributed by atoms with Crippen LogP contribution in [0.25, 0.3) is 0 Å². The second kappa shape index (κ2) is 6.38. The summed E-state index contributed by atoms with van der Waals surface area (Å²) in [5.74, 6) is -0.0530. The van der Waals surface area contributed by atoms with Crippen LogP contribution >= 0.6 is 0 Å². The van der Waals surface area contributed by atoms with Crippen molar-refractivity contribution in [1.82, 2.24) is 14.9 Å². The molecule has 2 heterocycles. The fourth-order valence-electron chi connectivity index (χ4n) is 2.21. The van der Waals surface area contributed by atoms with E-state index in [1.54, 1.807) is 22.2 Å². The van der Waals surface area contributed by atoms with Gasteiger partial charge in [-0.2, -0.15) is 0 Å². The van der Waals surface area contributed by atoms with Gasteiger partial charge in [0.15, 0.2) is 0 Å². The highest BCUT2D eigenvalue weighted by Crippen LogP contribution is 2.17. The van der Waals surface area contributed by atoms with Crippen molar-refractivity contribution in [3.05, 3.63) is 12.4 Å². The maximum Gasteiger partial charge on any atom is 0.321 e. The van der Waals surface area contributed by atoms with Gasteiger partial charge in [0, 0.05) is 27.2 Å². The molecule has 1 saturated heterocycles. The lowest BCUT2D eigenvalue weighted by molar-refractivity contribution is -0.123. The molecule has 2 rings (SSSR count). The van der Waals surface area contributed by atoms with Crippen molar-refractivity contribution in [3.8, 4) is 0 Å². The molecule has 0 spiro atoms. The highest BCUT2D eigenvalue weighted by Gasteiger charge is 2.27. The Bertz CT molecular complexity index is 516. The number of rotatable bonds is 3. The van der Waals surface area contributed by atoms with Crippen LogP contribution in [0.5, 0.6) is 0 Å². The molecule has 21 heavy (non-hydrogen) atoms. The van der Waals surface area contributed by atoms with Crippen LogP contribution in [0.2, 0.25) is 0 Å². The van der Waals surface area contributed by atoms with Gasteiger partial charge in [-0.25, -0.2) is 14.8 Å². The SMILES string of the molecule is CN(C)c1ncc(NC(=O)N2CCCC(C(N)=O)C2)cn1. The van der Waals surface area contributed by atoms with E-state index >= 15 is 0 Å². The van der Waals surface area contributed by atoms with Crippen molar-refractivity contribution >= 4 is 23.6 Å². The fourth-order valence-corrected chi connectivity index (χ4v) is 2.21. The maximum atomic E-state index is 12.2. The second-order valence-corrected chi connectivity index (χ2v) is 5.28. The van der Waals surface area contributed by atoms with Gasteiger partial charge in [0.2, 0.25) is 11.9 Å². The zero-order valence-corrected chi connectivity index (χ0v) is 12.2. The number of carbonyl (C=O) groups excluding carboxylic acids is 2. The minimum atomic E-state index is -0.355. The largest absolute Gasteiger partial charge is 0.369 e. The third kappa shape index (κ3) is 3.80. The molecule has 1 aromatic heterocycles. The summed E-state index contributed by atoms with van der Waals surface area (Å²) in [6.45, 7) is 0.976. The summed E-state index contributed by atoms with van der Waals surface area (Å²) in [5.41, 5.74) is 5.83. The lowest BCUT2D eigenvalue weighted by Crippen LogP contribution is -2.45. The van der Waals surface area contributed by atoms with Gasteiger partial charge in [0.1, 0.15) is 0 Å². The van der Waals surface area contributed by atoms with Crippen molar-refractivity contribution in [2.24, 2.45) is 11.7 Å². The van der Waals surface area contributed by atoms with E-state index in [-0.39, 0.29) is 17.9 Å². The Morgan fingerprint density at radius 2 is 2.05 bits per heavy atom. The predicted molar refractivity (Wildman–Crippen MR) is 78.9 cm³/mol. The van der Waals surface area contributed by atoms with E-state index in [2.05, 4.69) is 15.3 Å². The van der Waals surface area contributed by atoms with Crippen molar-refractivity contribution in [2.45, 2.75) is 12.8 Å². The van der Waals surface area contributed by atoms with Gasteiger partial charge in [-0.05, 0) is 12.8 Å². The van der Waals surface area contributed by atoms with E-state index in [0.717, 1.165) is 12.8 Å². The fraction of sp³-hybridized carbons (Fsp3) is 0.538. The molecule has 114 valence electrons. The van der Waals surface area contributed by atoms with Gasteiger partial charge in [-0.15, -0.1) is 0 Å². The molecule has 3 amide bonds. The van der Waals surface area contributed by atoms with Crippen molar-refractivity contribution in [1.29, 1.82) is 0 Å².